The van der Waals surface area contributed by atoms with Crippen LogP contribution in [0.25, 0.3) is 0 Å². The minimum atomic E-state index is -0.183. The third kappa shape index (κ3) is 3.14. The van der Waals surface area contributed by atoms with E-state index in [0.29, 0.717) is 4.88 Å². The van der Waals surface area contributed by atoms with E-state index in [2.05, 4.69) is 31.9 Å². The van der Waals surface area contributed by atoms with E-state index in [9.17, 15) is 9.59 Å². The van der Waals surface area contributed by atoms with Gasteiger partial charge in [-0.1, -0.05) is 0 Å². The standard InChI is InChI=1S/C11H7Br2NO2S/c12-7-1-4-11(16)14(5-7)6-8(15)9-2-3-10(13)17-9/h1-5H,6H2. The monoisotopic (exact) mass is 375 g/mol. The Hall–Kier alpha value is -0.720. The van der Waals surface area contributed by atoms with Crippen molar-refractivity contribution >= 4 is 49.0 Å². The van der Waals surface area contributed by atoms with Crippen molar-refractivity contribution < 1.29 is 4.79 Å². The highest BCUT2D eigenvalue weighted by Crippen LogP contribution is 2.22. The van der Waals surface area contributed by atoms with Gasteiger partial charge in [0.05, 0.1) is 15.2 Å². The largest absolute Gasteiger partial charge is 0.307 e. The Morgan fingerprint density at radius 2 is 2.00 bits per heavy atom. The molecular formula is C11H7Br2NO2S. The van der Waals surface area contributed by atoms with Crippen molar-refractivity contribution in [2.45, 2.75) is 6.54 Å². The second-order valence-corrected chi connectivity index (χ2v) is 6.72. The van der Waals surface area contributed by atoms with Crippen LogP contribution in [0.5, 0.6) is 0 Å². The molecule has 0 amide bonds. The molecule has 2 heterocycles. The van der Waals surface area contributed by atoms with Gasteiger partial charge in [0.1, 0.15) is 0 Å². The average molecular weight is 377 g/mol. The predicted octanol–water partition coefficient (Wildman–Crippen LogP) is 3.32. The molecular weight excluding hydrogens is 370 g/mol. The summed E-state index contributed by atoms with van der Waals surface area (Å²) in [7, 11) is 0. The highest BCUT2D eigenvalue weighted by atomic mass is 79.9. The van der Waals surface area contributed by atoms with E-state index in [1.807, 2.05) is 6.07 Å². The summed E-state index contributed by atoms with van der Waals surface area (Å²) in [5, 5.41) is 0. The smallest absolute Gasteiger partial charge is 0.251 e. The molecule has 0 aliphatic heterocycles. The van der Waals surface area contributed by atoms with Crippen LogP contribution in [0.1, 0.15) is 9.67 Å². The van der Waals surface area contributed by atoms with Crippen molar-refractivity contribution in [3.63, 3.8) is 0 Å². The first kappa shape index (κ1) is 12.7. The van der Waals surface area contributed by atoms with Crippen LogP contribution in [0, 0.1) is 0 Å². The molecule has 3 nitrogen and oxygen atoms in total. The molecule has 6 heteroatoms. The number of halogens is 2. The predicted molar refractivity (Wildman–Crippen MR) is 74.8 cm³/mol. The summed E-state index contributed by atoms with van der Waals surface area (Å²) in [6, 6.07) is 6.66. The Morgan fingerprint density at radius 1 is 1.24 bits per heavy atom. The number of pyridine rings is 1. The maximum Gasteiger partial charge on any atom is 0.251 e. The maximum absolute atomic E-state index is 11.9. The lowest BCUT2D eigenvalue weighted by atomic mass is 10.3. The lowest BCUT2D eigenvalue weighted by Gasteiger charge is -2.03. The Morgan fingerprint density at radius 3 is 2.65 bits per heavy atom. The number of thiophene rings is 1. The summed E-state index contributed by atoms with van der Waals surface area (Å²) in [5.74, 6) is -0.0686. The Labute approximate surface area is 118 Å². The van der Waals surface area contributed by atoms with Crippen LogP contribution in [-0.2, 0) is 6.54 Å². The Balaban J connectivity index is 2.24. The van der Waals surface area contributed by atoms with Gasteiger partial charge in [-0.05, 0) is 50.1 Å². The van der Waals surface area contributed by atoms with Crippen molar-refractivity contribution in [3.8, 4) is 0 Å². The van der Waals surface area contributed by atoms with Gasteiger partial charge in [0.2, 0.25) is 0 Å². The molecule has 17 heavy (non-hydrogen) atoms. The molecule has 0 atom stereocenters. The molecule has 0 N–H and O–H groups in total. The molecule has 2 rings (SSSR count). The molecule has 0 radical (unpaired) electrons. The molecule has 88 valence electrons. The first-order chi connectivity index (χ1) is 8.06. The van der Waals surface area contributed by atoms with Crippen molar-refractivity contribution in [1.29, 1.82) is 0 Å². The molecule has 0 spiro atoms. The summed E-state index contributed by atoms with van der Waals surface area (Å²) in [6.07, 6.45) is 1.61. The zero-order valence-electron chi connectivity index (χ0n) is 8.52. The number of carbonyl (C=O) groups is 1. The highest BCUT2D eigenvalue weighted by molar-refractivity contribution is 9.11. The van der Waals surface area contributed by atoms with Gasteiger partial charge in [-0.25, -0.2) is 0 Å². The Bertz CT molecular complexity index is 618. The van der Waals surface area contributed by atoms with E-state index in [0.717, 1.165) is 8.26 Å². The van der Waals surface area contributed by atoms with Crippen LogP contribution in [-0.4, -0.2) is 10.4 Å². The van der Waals surface area contributed by atoms with E-state index in [1.54, 1.807) is 18.3 Å². The number of hydrogen-bond acceptors (Lipinski definition) is 3. The van der Waals surface area contributed by atoms with E-state index in [4.69, 9.17) is 0 Å². The molecule has 0 aliphatic carbocycles. The first-order valence-electron chi connectivity index (χ1n) is 4.71. The first-order valence-corrected chi connectivity index (χ1v) is 7.11. The maximum atomic E-state index is 11.9. The fraction of sp³-hybridized carbons (Fsp3) is 0.0909. The molecule has 0 aliphatic rings. The summed E-state index contributed by atoms with van der Waals surface area (Å²) in [4.78, 5) is 24.1. The molecule has 0 saturated carbocycles. The molecule has 0 fully saturated rings. The van der Waals surface area contributed by atoms with Crippen LogP contribution < -0.4 is 5.56 Å². The quantitative estimate of drug-likeness (QED) is 0.771. The second-order valence-electron chi connectivity index (χ2n) is 3.34. The van der Waals surface area contributed by atoms with Crippen molar-refractivity contribution in [3.05, 3.63) is 54.0 Å². The zero-order valence-corrected chi connectivity index (χ0v) is 12.5. The van der Waals surface area contributed by atoms with Gasteiger partial charge in [0.15, 0.2) is 5.78 Å². The highest BCUT2D eigenvalue weighted by Gasteiger charge is 2.10. The second kappa shape index (κ2) is 5.29. The fourth-order valence-corrected chi connectivity index (χ4v) is 3.02. The van der Waals surface area contributed by atoms with E-state index >= 15 is 0 Å². The topological polar surface area (TPSA) is 39.1 Å². The molecule has 0 unspecified atom stereocenters. The number of nitrogens with zero attached hydrogens (tertiary/aromatic N) is 1. The number of rotatable bonds is 3. The fourth-order valence-electron chi connectivity index (χ4n) is 1.32. The van der Waals surface area contributed by atoms with Gasteiger partial charge in [-0.2, -0.15) is 0 Å². The minimum Gasteiger partial charge on any atom is -0.307 e. The summed E-state index contributed by atoms with van der Waals surface area (Å²) in [5.41, 5.74) is -0.183. The lowest BCUT2D eigenvalue weighted by Crippen LogP contribution is -2.22. The molecule has 2 aromatic heterocycles. The summed E-state index contributed by atoms with van der Waals surface area (Å²) >= 11 is 7.94. The summed E-state index contributed by atoms with van der Waals surface area (Å²) in [6.45, 7) is 0.0607. The van der Waals surface area contributed by atoms with Gasteiger partial charge in [0, 0.05) is 16.7 Å². The summed E-state index contributed by atoms with van der Waals surface area (Å²) < 4.78 is 3.07. The van der Waals surface area contributed by atoms with Crippen molar-refractivity contribution in [2.75, 3.05) is 0 Å². The van der Waals surface area contributed by atoms with E-state index < -0.39 is 0 Å². The van der Waals surface area contributed by atoms with Gasteiger partial charge >= 0.3 is 0 Å². The van der Waals surface area contributed by atoms with Gasteiger partial charge in [0.25, 0.3) is 5.56 Å². The molecule has 0 aromatic carbocycles. The lowest BCUT2D eigenvalue weighted by molar-refractivity contribution is 0.0975. The number of hydrogen-bond donors (Lipinski definition) is 0. The average Bonchev–Trinajstić information content (AvgIpc) is 2.70. The molecule has 0 bridgehead atoms. The molecule has 2 aromatic rings. The minimum absolute atomic E-state index is 0.0607. The van der Waals surface area contributed by atoms with Crippen molar-refractivity contribution in [1.82, 2.24) is 4.57 Å². The zero-order chi connectivity index (χ0) is 12.4. The van der Waals surface area contributed by atoms with E-state index in [1.165, 1.54) is 22.0 Å². The number of aromatic nitrogens is 1. The van der Waals surface area contributed by atoms with Gasteiger partial charge in [-0.3, -0.25) is 9.59 Å². The van der Waals surface area contributed by atoms with Crippen LogP contribution in [0.15, 0.2) is 43.5 Å². The van der Waals surface area contributed by atoms with Crippen molar-refractivity contribution in [2.24, 2.45) is 0 Å². The van der Waals surface area contributed by atoms with E-state index in [-0.39, 0.29) is 17.9 Å². The number of ketones is 1. The normalized spacial score (nSPS) is 10.5. The third-order valence-corrected chi connectivity index (χ3v) is 4.24. The number of carbonyl (C=O) groups excluding carboxylic acids is 1. The van der Waals surface area contributed by atoms with Gasteiger partial charge < -0.3 is 4.57 Å². The van der Waals surface area contributed by atoms with Crippen LogP contribution in [0.3, 0.4) is 0 Å². The number of Topliss-reactive ketones (excluding diaryl/α,β-unsaturated/α-hetero) is 1. The Kier molecular flexibility index (Phi) is 3.96. The third-order valence-electron chi connectivity index (χ3n) is 2.11. The SMILES string of the molecule is O=C(Cn1cc(Br)ccc1=O)c1ccc(Br)s1. The van der Waals surface area contributed by atoms with Crippen LogP contribution >= 0.6 is 43.2 Å². The van der Waals surface area contributed by atoms with Gasteiger partial charge in [-0.15, -0.1) is 11.3 Å². The van der Waals surface area contributed by atoms with Crippen LogP contribution in [0.2, 0.25) is 0 Å². The molecule has 0 saturated heterocycles. The van der Waals surface area contributed by atoms with Crippen LogP contribution in [0.4, 0.5) is 0 Å².